The summed E-state index contributed by atoms with van der Waals surface area (Å²) in [5.74, 6) is 0.933. The molecule has 4 N–H and O–H groups in total. The lowest BCUT2D eigenvalue weighted by Crippen LogP contribution is -2.42. The molecular formula is C20H28N6O2. The van der Waals surface area contributed by atoms with Gasteiger partial charge in [0.25, 0.3) is 0 Å². The molecular weight excluding hydrogens is 356 g/mol. The molecule has 2 amide bonds. The van der Waals surface area contributed by atoms with Crippen LogP contribution < -0.4 is 21.3 Å². The highest BCUT2D eigenvalue weighted by molar-refractivity contribution is 5.94. The van der Waals surface area contributed by atoms with Gasteiger partial charge in [-0.1, -0.05) is 13.8 Å². The van der Waals surface area contributed by atoms with Crippen molar-refractivity contribution < 1.29 is 9.59 Å². The Morgan fingerprint density at radius 2 is 1.18 bits per heavy atom. The van der Waals surface area contributed by atoms with E-state index in [0.717, 1.165) is 12.8 Å². The van der Waals surface area contributed by atoms with Crippen molar-refractivity contribution >= 4 is 34.8 Å². The largest absolute Gasteiger partial charge is 0.397 e. The Morgan fingerprint density at radius 1 is 0.786 bits per heavy atom. The Kier molecular flexibility index (Phi) is 7.74. The van der Waals surface area contributed by atoms with E-state index in [0.29, 0.717) is 48.9 Å². The maximum atomic E-state index is 12.6. The van der Waals surface area contributed by atoms with Gasteiger partial charge in [-0.05, 0) is 37.1 Å². The van der Waals surface area contributed by atoms with Crippen molar-refractivity contribution in [3.05, 3.63) is 36.7 Å². The summed E-state index contributed by atoms with van der Waals surface area (Å²) in [5, 5.41) is 0. The van der Waals surface area contributed by atoms with E-state index in [9.17, 15) is 9.59 Å². The minimum atomic E-state index is -0.0482. The monoisotopic (exact) mass is 384 g/mol. The zero-order valence-electron chi connectivity index (χ0n) is 16.5. The van der Waals surface area contributed by atoms with Gasteiger partial charge in [0.1, 0.15) is 11.6 Å². The standard InChI is InChI=1S/C20H28N6O2/c1-3-5-19(27)25(17-9-7-15(21)13-23-17)11-12-26(20(28)6-4-2)18-10-8-16(22)14-24-18/h7-10,13-14H,3-6,11-12,21-22H2,1-2H3. The molecule has 2 heterocycles. The molecule has 0 unspecified atom stereocenters. The molecule has 8 heteroatoms. The van der Waals surface area contributed by atoms with Crippen LogP contribution in [0.4, 0.5) is 23.0 Å². The number of rotatable bonds is 9. The van der Waals surface area contributed by atoms with Crippen molar-refractivity contribution in [1.29, 1.82) is 0 Å². The summed E-state index contributed by atoms with van der Waals surface area (Å²) in [6.45, 7) is 4.50. The summed E-state index contributed by atoms with van der Waals surface area (Å²) in [7, 11) is 0. The van der Waals surface area contributed by atoms with E-state index < -0.39 is 0 Å². The van der Waals surface area contributed by atoms with Gasteiger partial charge < -0.3 is 11.5 Å². The number of nitrogen functional groups attached to an aromatic ring is 2. The highest BCUT2D eigenvalue weighted by atomic mass is 16.2. The van der Waals surface area contributed by atoms with E-state index >= 15 is 0 Å². The van der Waals surface area contributed by atoms with Gasteiger partial charge in [-0.2, -0.15) is 0 Å². The molecule has 28 heavy (non-hydrogen) atoms. The predicted molar refractivity (Wildman–Crippen MR) is 112 cm³/mol. The van der Waals surface area contributed by atoms with Crippen LogP contribution in [-0.4, -0.2) is 34.9 Å². The summed E-state index contributed by atoms with van der Waals surface area (Å²) in [4.78, 5) is 37.0. The number of amides is 2. The molecule has 150 valence electrons. The number of aromatic nitrogens is 2. The average Bonchev–Trinajstić information content (AvgIpc) is 2.67. The van der Waals surface area contributed by atoms with Crippen LogP contribution in [0.15, 0.2) is 36.7 Å². The molecule has 0 radical (unpaired) electrons. The van der Waals surface area contributed by atoms with Crippen LogP contribution in [0.5, 0.6) is 0 Å². The number of hydrogen-bond acceptors (Lipinski definition) is 6. The molecule has 0 aromatic carbocycles. The quantitative estimate of drug-likeness (QED) is 0.686. The second-order valence-corrected chi connectivity index (χ2v) is 6.49. The zero-order valence-corrected chi connectivity index (χ0v) is 16.5. The predicted octanol–water partition coefficient (Wildman–Crippen LogP) is 2.61. The lowest BCUT2D eigenvalue weighted by molar-refractivity contribution is -0.120. The number of hydrogen-bond donors (Lipinski definition) is 2. The molecule has 2 aromatic rings. The normalized spacial score (nSPS) is 10.5. The molecule has 0 aliphatic rings. The van der Waals surface area contributed by atoms with Crippen LogP contribution in [0.1, 0.15) is 39.5 Å². The maximum Gasteiger partial charge on any atom is 0.228 e. The molecule has 0 fully saturated rings. The maximum absolute atomic E-state index is 12.6. The molecule has 2 aromatic heterocycles. The van der Waals surface area contributed by atoms with E-state index in [2.05, 4.69) is 9.97 Å². The number of nitrogens with two attached hydrogens (primary N) is 2. The third kappa shape index (κ3) is 5.67. The lowest BCUT2D eigenvalue weighted by Gasteiger charge is -2.27. The fourth-order valence-corrected chi connectivity index (χ4v) is 2.75. The smallest absolute Gasteiger partial charge is 0.228 e. The first-order valence-electron chi connectivity index (χ1n) is 9.50. The molecule has 0 spiro atoms. The minimum absolute atomic E-state index is 0.0482. The number of anilines is 4. The van der Waals surface area contributed by atoms with Gasteiger partial charge in [0.2, 0.25) is 11.8 Å². The molecule has 0 aliphatic carbocycles. The minimum Gasteiger partial charge on any atom is -0.397 e. The van der Waals surface area contributed by atoms with Gasteiger partial charge >= 0.3 is 0 Å². The average molecular weight is 384 g/mol. The molecule has 0 atom stereocenters. The van der Waals surface area contributed by atoms with Crippen molar-refractivity contribution in [2.45, 2.75) is 39.5 Å². The van der Waals surface area contributed by atoms with Crippen molar-refractivity contribution in [2.24, 2.45) is 0 Å². The topological polar surface area (TPSA) is 118 Å². The van der Waals surface area contributed by atoms with Gasteiger partial charge in [0.05, 0.1) is 23.8 Å². The molecule has 0 bridgehead atoms. The Balaban J connectivity index is 2.24. The van der Waals surface area contributed by atoms with E-state index in [1.807, 2.05) is 13.8 Å². The highest BCUT2D eigenvalue weighted by Gasteiger charge is 2.21. The Bertz CT molecular complexity index is 709. The summed E-state index contributed by atoms with van der Waals surface area (Å²) in [6.07, 6.45) is 5.28. The molecule has 0 aliphatic heterocycles. The van der Waals surface area contributed by atoms with Gasteiger partial charge in [-0.15, -0.1) is 0 Å². The molecule has 0 saturated heterocycles. The highest BCUT2D eigenvalue weighted by Crippen LogP contribution is 2.17. The first-order chi connectivity index (χ1) is 13.5. The fourth-order valence-electron chi connectivity index (χ4n) is 2.75. The van der Waals surface area contributed by atoms with Gasteiger partial charge in [-0.3, -0.25) is 19.4 Å². The summed E-state index contributed by atoms with van der Waals surface area (Å²) >= 11 is 0. The van der Waals surface area contributed by atoms with Crippen LogP contribution in [0.25, 0.3) is 0 Å². The molecule has 2 rings (SSSR count). The second-order valence-electron chi connectivity index (χ2n) is 6.49. The van der Waals surface area contributed by atoms with Crippen molar-refractivity contribution in [2.75, 3.05) is 34.4 Å². The molecule has 8 nitrogen and oxygen atoms in total. The van der Waals surface area contributed by atoms with E-state index in [1.165, 1.54) is 12.4 Å². The molecule has 0 saturated carbocycles. The van der Waals surface area contributed by atoms with Crippen LogP contribution >= 0.6 is 0 Å². The SMILES string of the molecule is CCCC(=O)N(CCN(C(=O)CCC)c1ccc(N)cn1)c1ccc(N)cn1. The van der Waals surface area contributed by atoms with E-state index in [-0.39, 0.29) is 11.8 Å². The van der Waals surface area contributed by atoms with Crippen molar-refractivity contribution in [3.8, 4) is 0 Å². The summed E-state index contributed by atoms with van der Waals surface area (Å²) < 4.78 is 0. The van der Waals surface area contributed by atoms with E-state index in [4.69, 9.17) is 11.5 Å². The third-order valence-electron chi connectivity index (χ3n) is 4.17. The second kappa shape index (κ2) is 10.2. The lowest BCUT2D eigenvalue weighted by atomic mass is 10.2. The summed E-state index contributed by atoms with van der Waals surface area (Å²) in [6, 6.07) is 6.83. The van der Waals surface area contributed by atoms with E-state index in [1.54, 1.807) is 34.1 Å². The Morgan fingerprint density at radius 3 is 1.46 bits per heavy atom. The first-order valence-corrected chi connectivity index (χ1v) is 9.50. The van der Waals surface area contributed by atoms with Crippen LogP contribution in [0.2, 0.25) is 0 Å². The van der Waals surface area contributed by atoms with Crippen LogP contribution in [-0.2, 0) is 9.59 Å². The van der Waals surface area contributed by atoms with Gasteiger partial charge in [-0.25, -0.2) is 9.97 Å². The third-order valence-corrected chi connectivity index (χ3v) is 4.17. The van der Waals surface area contributed by atoms with Crippen LogP contribution in [0, 0.1) is 0 Å². The van der Waals surface area contributed by atoms with Crippen LogP contribution in [0.3, 0.4) is 0 Å². The number of pyridine rings is 2. The first kappa shape index (κ1) is 21.1. The van der Waals surface area contributed by atoms with Crippen molar-refractivity contribution in [1.82, 2.24) is 9.97 Å². The van der Waals surface area contributed by atoms with Crippen molar-refractivity contribution in [3.63, 3.8) is 0 Å². The number of carbonyl (C=O) groups is 2. The Hall–Kier alpha value is -3.16. The summed E-state index contributed by atoms with van der Waals surface area (Å²) in [5.41, 5.74) is 12.5. The number of carbonyl (C=O) groups excluding carboxylic acids is 2. The fraction of sp³-hybridized carbons (Fsp3) is 0.400. The van der Waals surface area contributed by atoms with Gasteiger partial charge in [0, 0.05) is 25.9 Å². The Labute approximate surface area is 165 Å². The zero-order chi connectivity index (χ0) is 20.5. The van der Waals surface area contributed by atoms with Gasteiger partial charge in [0.15, 0.2) is 0 Å². The number of nitrogens with zero attached hydrogens (tertiary/aromatic N) is 4.